The van der Waals surface area contributed by atoms with Gasteiger partial charge >= 0.3 is 5.97 Å². The molecule has 2 aromatic rings. The van der Waals surface area contributed by atoms with E-state index in [1.54, 1.807) is 56.3 Å². The number of carbonyl (C=O) groups excluding carboxylic acids is 2. The third-order valence-corrected chi connectivity index (χ3v) is 3.72. The fourth-order valence-electron chi connectivity index (χ4n) is 2.13. The summed E-state index contributed by atoms with van der Waals surface area (Å²) in [6.07, 6.45) is -0.732. The summed E-state index contributed by atoms with van der Waals surface area (Å²) in [5.41, 5.74) is 1.75. The topological polar surface area (TPSA) is 64.6 Å². The van der Waals surface area contributed by atoms with Crippen LogP contribution in [0.5, 0.6) is 5.75 Å². The van der Waals surface area contributed by atoms with Crippen molar-refractivity contribution < 1.29 is 19.1 Å². The smallest absolute Gasteiger partial charge is 0.338 e. The summed E-state index contributed by atoms with van der Waals surface area (Å²) in [5.74, 6) is -0.252. The van der Waals surface area contributed by atoms with Gasteiger partial charge in [0.1, 0.15) is 5.75 Å². The highest BCUT2D eigenvalue weighted by molar-refractivity contribution is 6.30. The number of aryl methyl sites for hydroxylation is 1. The zero-order valence-electron chi connectivity index (χ0n) is 14.3. The van der Waals surface area contributed by atoms with Crippen LogP contribution in [0.25, 0.3) is 0 Å². The molecule has 2 rings (SSSR count). The van der Waals surface area contributed by atoms with E-state index in [0.29, 0.717) is 28.6 Å². The molecule has 132 valence electrons. The van der Waals surface area contributed by atoms with Crippen LogP contribution in [0.2, 0.25) is 5.02 Å². The van der Waals surface area contributed by atoms with Crippen LogP contribution in [-0.2, 0) is 9.53 Å². The molecule has 0 aliphatic heterocycles. The Morgan fingerprint density at radius 2 is 1.96 bits per heavy atom. The lowest BCUT2D eigenvalue weighted by molar-refractivity contribution is -0.122. The Morgan fingerprint density at radius 3 is 2.64 bits per heavy atom. The summed E-state index contributed by atoms with van der Waals surface area (Å²) < 4.78 is 10.6. The van der Waals surface area contributed by atoms with Gasteiger partial charge in [0, 0.05) is 10.7 Å². The summed E-state index contributed by atoms with van der Waals surface area (Å²) in [6.45, 7) is 5.51. The molecular weight excluding hydrogens is 342 g/mol. The Balaban J connectivity index is 2.08. The summed E-state index contributed by atoms with van der Waals surface area (Å²) in [4.78, 5) is 24.2. The number of ether oxygens (including phenoxy) is 2. The zero-order chi connectivity index (χ0) is 18.4. The molecule has 0 saturated heterocycles. The van der Waals surface area contributed by atoms with Crippen molar-refractivity contribution in [1.29, 1.82) is 0 Å². The molecule has 0 heterocycles. The molecule has 0 fully saturated rings. The molecule has 0 radical (unpaired) electrons. The van der Waals surface area contributed by atoms with Gasteiger partial charge in [0.05, 0.1) is 12.2 Å². The second-order valence-corrected chi connectivity index (χ2v) is 5.89. The molecule has 0 spiro atoms. The molecule has 2 aromatic carbocycles. The fourth-order valence-corrected chi connectivity index (χ4v) is 2.31. The number of halogens is 1. The standard InChI is InChI=1S/C19H20ClNO4/c1-4-24-19(23)14-9-8-12(2)17(10-14)21-18(22)13(3)25-16-7-5-6-15(20)11-16/h5-11,13H,4H2,1-3H3,(H,21,22)/t13-/m1/s1. The average Bonchev–Trinajstić information content (AvgIpc) is 2.57. The minimum atomic E-state index is -0.732. The van der Waals surface area contributed by atoms with E-state index < -0.39 is 12.1 Å². The zero-order valence-corrected chi connectivity index (χ0v) is 15.1. The van der Waals surface area contributed by atoms with E-state index in [1.165, 1.54) is 0 Å². The minimum absolute atomic E-state index is 0.291. The molecule has 0 aromatic heterocycles. The Labute approximate surface area is 151 Å². The van der Waals surface area contributed by atoms with Gasteiger partial charge in [0.2, 0.25) is 0 Å². The number of hydrogen-bond acceptors (Lipinski definition) is 4. The highest BCUT2D eigenvalue weighted by Gasteiger charge is 2.17. The van der Waals surface area contributed by atoms with Gasteiger partial charge < -0.3 is 14.8 Å². The van der Waals surface area contributed by atoms with Crippen LogP contribution < -0.4 is 10.1 Å². The van der Waals surface area contributed by atoms with Gasteiger partial charge in [-0.05, 0) is 56.7 Å². The van der Waals surface area contributed by atoms with Crippen molar-refractivity contribution in [1.82, 2.24) is 0 Å². The van der Waals surface area contributed by atoms with E-state index in [-0.39, 0.29) is 5.91 Å². The van der Waals surface area contributed by atoms with Gasteiger partial charge in [-0.1, -0.05) is 23.7 Å². The Morgan fingerprint density at radius 1 is 1.20 bits per heavy atom. The van der Waals surface area contributed by atoms with Crippen molar-refractivity contribution in [3.8, 4) is 5.75 Å². The van der Waals surface area contributed by atoms with E-state index in [4.69, 9.17) is 21.1 Å². The first-order chi connectivity index (χ1) is 11.9. The van der Waals surface area contributed by atoms with Crippen molar-refractivity contribution in [2.75, 3.05) is 11.9 Å². The molecule has 5 nitrogen and oxygen atoms in total. The lowest BCUT2D eigenvalue weighted by atomic mass is 10.1. The largest absolute Gasteiger partial charge is 0.481 e. The van der Waals surface area contributed by atoms with E-state index in [1.807, 2.05) is 6.92 Å². The van der Waals surface area contributed by atoms with E-state index in [2.05, 4.69) is 5.32 Å². The van der Waals surface area contributed by atoms with Gasteiger partial charge in [0.15, 0.2) is 6.10 Å². The first kappa shape index (κ1) is 18.8. The van der Waals surface area contributed by atoms with Crippen molar-refractivity contribution in [2.24, 2.45) is 0 Å². The maximum absolute atomic E-state index is 12.4. The predicted octanol–water partition coefficient (Wildman–Crippen LogP) is 4.23. The first-order valence-corrected chi connectivity index (χ1v) is 8.29. The number of esters is 1. The molecule has 25 heavy (non-hydrogen) atoms. The molecule has 0 unspecified atom stereocenters. The number of rotatable bonds is 6. The van der Waals surface area contributed by atoms with Crippen molar-refractivity contribution in [2.45, 2.75) is 26.9 Å². The van der Waals surface area contributed by atoms with Gasteiger partial charge in [-0.3, -0.25) is 4.79 Å². The maximum atomic E-state index is 12.4. The quantitative estimate of drug-likeness (QED) is 0.782. The number of carbonyl (C=O) groups is 2. The highest BCUT2D eigenvalue weighted by Crippen LogP contribution is 2.20. The SMILES string of the molecule is CCOC(=O)c1ccc(C)c(NC(=O)[C@@H](C)Oc2cccc(Cl)c2)c1. The molecule has 1 N–H and O–H groups in total. The lowest BCUT2D eigenvalue weighted by Crippen LogP contribution is -2.30. The van der Waals surface area contributed by atoms with Crippen molar-refractivity contribution in [3.63, 3.8) is 0 Å². The molecule has 0 bridgehead atoms. The number of anilines is 1. The van der Waals surface area contributed by atoms with E-state index in [9.17, 15) is 9.59 Å². The first-order valence-electron chi connectivity index (χ1n) is 7.91. The van der Waals surface area contributed by atoms with Crippen LogP contribution >= 0.6 is 11.6 Å². The van der Waals surface area contributed by atoms with E-state index in [0.717, 1.165) is 5.56 Å². The molecule has 0 saturated carbocycles. The predicted molar refractivity (Wildman–Crippen MR) is 97.3 cm³/mol. The molecule has 1 atom stereocenters. The summed E-state index contributed by atoms with van der Waals surface area (Å²) in [6, 6.07) is 11.8. The van der Waals surface area contributed by atoms with Crippen LogP contribution in [0.1, 0.15) is 29.8 Å². The molecule has 0 aliphatic rings. The number of amides is 1. The summed E-state index contributed by atoms with van der Waals surface area (Å²) in [5, 5.41) is 3.31. The monoisotopic (exact) mass is 361 g/mol. The van der Waals surface area contributed by atoms with Gasteiger partial charge in [-0.15, -0.1) is 0 Å². The second kappa shape index (κ2) is 8.53. The summed E-state index contributed by atoms with van der Waals surface area (Å²) in [7, 11) is 0. The normalized spacial score (nSPS) is 11.5. The molecular formula is C19H20ClNO4. The minimum Gasteiger partial charge on any atom is -0.481 e. The molecule has 6 heteroatoms. The second-order valence-electron chi connectivity index (χ2n) is 5.46. The van der Waals surface area contributed by atoms with Crippen LogP contribution in [0.4, 0.5) is 5.69 Å². The van der Waals surface area contributed by atoms with Gasteiger partial charge in [0.25, 0.3) is 5.91 Å². The number of benzene rings is 2. The fraction of sp³-hybridized carbons (Fsp3) is 0.263. The van der Waals surface area contributed by atoms with Crippen molar-refractivity contribution in [3.05, 3.63) is 58.6 Å². The number of hydrogen-bond donors (Lipinski definition) is 1. The third kappa shape index (κ3) is 5.22. The molecule has 0 aliphatic carbocycles. The van der Waals surface area contributed by atoms with Crippen molar-refractivity contribution >= 4 is 29.2 Å². The Kier molecular flexibility index (Phi) is 6.42. The lowest BCUT2D eigenvalue weighted by Gasteiger charge is -2.16. The highest BCUT2D eigenvalue weighted by atomic mass is 35.5. The average molecular weight is 362 g/mol. The Bertz CT molecular complexity index is 776. The Hall–Kier alpha value is -2.53. The van der Waals surface area contributed by atoms with E-state index >= 15 is 0 Å². The van der Waals surface area contributed by atoms with Gasteiger partial charge in [-0.2, -0.15) is 0 Å². The van der Waals surface area contributed by atoms with Crippen LogP contribution in [-0.4, -0.2) is 24.6 Å². The third-order valence-electron chi connectivity index (χ3n) is 3.48. The molecule has 1 amide bonds. The maximum Gasteiger partial charge on any atom is 0.338 e. The van der Waals surface area contributed by atoms with Crippen LogP contribution in [0, 0.1) is 6.92 Å². The summed E-state index contributed by atoms with van der Waals surface area (Å²) >= 11 is 5.91. The van der Waals surface area contributed by atoms with Gasteiger partial charge in [-0.25, -0.2) is 4.79 Å². The van der Waals surface area contributed by atoms with Crippen LogP contribution in [0.15, 0.2) is 42.5 Å². The number of nitrogens with one attached hydrogen (secondary N) is 1. The van der Waals surface area contributed by atoms with Crippen LogP contribution in [0.3, 0.4) is 0 Å².